The Bertz CT molecular complexity index is 789. The van der Waals surface area contributed by atoms with E-state index in [1.54, 1.807) is 0 Å². The minimum Gasteiger partial charge on any atom is -0.378 e. The van der Waals surface area contributed by atoms with Crippen LogP contribution in [0.15, 0.2) is 0 Å². The molecule has 48 heavy (non-hydrogen) atoms. The third kappa shape index (κ3) is 10.3. The average Bonchev–Trinajstić information content (AvgIpc) is 3.12. The summed E-state index contributed by atoms with van der Waals surface area (Å²) >= 11 is 15.0. The molecule has 0 bridgehead atoms. The van der Waals surface area contributed by atoms with Crippen LogP contribution >= 0.6 is 23.2 Å². The Morgan fingerprint density at radius 2 is 0.729 bits per heavy atom. The molecule has 5 rings (SSSR count). The Morgan fingerprint density at radius 3 is 1.06 bits per heavy atom. The minimum atomic E-state index is -0.501. The Balaban J connectivity index is 0.928. The summed E-state index contributed by atoms with van der Waals surface area (Å²) in [5.74, 6) is 3.61. The van der Waals surface area contributed by atoms with Crippen LogP contribution in [0.1, 0.15) is 213 Å². The SMILES string of the molecule is CCCCCCCCCO[C@H]1CC[C@H](C2CCC3(CC2)CC2(CCC([C@H]4CC[C@H](OCCCCCCCCC)CC4)CC2)C3(Cl)Cl)CC1. The Hall–Kier alpha value is 0.500. The van der Waals surface area contributed by atoms with Crippen LogP contribution in [0.25, 0.3) is 0 Å². The first-order valence-corrected chi connectivity index (χ1v) is 22.8. The lowest BCUT2D eigenvalue weighted by atomic mass is 9.42. The Labute approximate surface area is 308 Å². The molecule has 0 N–H and O–H groups in total. The lowest BCUT2D eigenvalue weighted by Crippen LogP contribution is -2.66. The highest BCUT2D eigenvalue weighted by Crippen LogP contribution is 2.77. The molecule has 0 radical (unpaired) electrons. The van der Waals surface area contributed by atoms with Gasteiger partial charge in [-0.2, -0.15) is 0 Å². The average molecular weight is 710 g/mol. The van der Waals surface area contributed by atoms with E-state index in [4.69, 9.17) is 32.7 Å². The predicted molar refractivity (Wildman–Crippen MR) is 207 cm³/mol. The molecule has 0 aromatic rings. The number of ether oxygens (including phenoxy) is 2. The fraction of sp³-hybridized carbons (Fsp3) is 1.00. The molecule has 0 amide bonds. The molecule has 0 aliphatic heterocycles. The zero-order chi connectivity index (χ0) is 33.7. The Kier molecular flexibility index (Phi) is 16.6. The van der Waals surface area contributed by atoms with Crippen molar-refractivity contribution in [1.82, 2.24) is 0 Å². The van der Waals surface area contributed by atoms with Gasteiger partial charge in [-0.05, 0) is 146 Å². The quantitative estimate of drug-likeness (QED) is 0.0925. The van der Waals surface area contributed by atoms with Gasteiger partial charge >= 0.3 is 0 Å². The van der Waals surface area contributed by atoms with Gasteiger partial charge in [-0.25, -0.2) is 0 Å². The van der Waals surface area contributed by atoms with E-state index >= 15 is 0 Å². The van der Waals surface area contributed by atoms with Gasteiger partial charge < -0.3 is 9.47 Å². The third-order valence-corrected chi connectivity index (χ3v) is 16.6. The molecule has 0 saturated heterocycles. The molecular weight excluding hydrogens is 631 g/mol. The number of hydrogen-bond donors (Lipinski definition) is 0. The molecule has 4 heteroatoms. The zero-order valence-electron chi connectivity index (χ0n) is 31.9. The van der Waals surface area contributed by atoms with E-state index in [1.165, 1.54) is 199 Å². The van der Waals surface area contributed by atoms with Crippen LogP contribution < -0.4 is 0 Å². The standard InChI is InChI=1S/C44H78Cl2O2/c1-3-5-7-9-11-13-15-33-47-40-21-17-36(18-22-40)38-25-29-42(30-26-38)35-43(44(42,45)46)31-27-39(28-32-43)37-19-23-41(24-20-37)48-34-16-14-12-10-8-6-4-2/h36-41H,3-35H2,1-2H3/t36-,37-,38?,39?,40-,41-,42?,43?. The van der Waals surface area contributed by atoms with Gasteiger partial charge in [-0.3, -0.25) is 0 Å². The van der Waals surface area contributed by atoms with Gasteiger partial charge in [0.05, 0.1) is 12.2 Å². The molecule has 0 atom stereocenters. The largest absolute Gasteiger partial charge is 0.378 e. The molecular formula is C44H78Cl2O2. The fourth-order valence-electron chi connectivity index (χ4n) is 11.7. The maximum absolute atomic E-state index is 7.52. The highest BCUT2D eigenvalue weighted by Gasteiger charge is 2.72. The number of halogens is 2. The van der Waals surface area contributed by atoms with Gasteiger partial charge in [0.15, 0.2) is 0 Å². The van der Waals surface area contributed by atoms with Crippen LogP contribution in [-0.2, 0) is 9.47 Å². The van der Waals surface area contributed by atoms with Gasteiger partial charge in [0, 0.05) is 24.0 Å². The van der Waals surface area contributed by atoms with Crippen molar-refractivity contribution in [3.05, 3.63) is 0 Å². The van der Waals surface area contributed by atoms with Gasteiger partial charge in [0.2, 0.25) is 0 Å². The van der Waals surface area contributed by atoms with Gasteiger partial charge in [-0.1, -0.05) is 90.9 Å². The highest BCUT2D eigenvalue weighted by atomic mass is 35.5. The second-order valence-electron chi connectivity index (χ2n) is 18.0. The van der Waals surface area contributed by atoms with Crippen LogP contribution in [-0.4, -0.2) is 29.8 Å². The second-order valence-corrected chi connectivity index (χ2v) is 19.4. The van der Waals surface area contributed by atoms with Crippen LogP contribution in [0.3, 0.4) is 0 Å². The first-order chi connectivity index (χ1) is 23.4. The molecule has 5 aliphatic carbocycles. The van der Waals surface area contributed by atoms with Crippen molar-refractivity contribution in [3.8, 4) is 0 Å². The van der Waals surface area contributed by atoms with Gasteiger partial charge in [0.25, 0.3) is 0 Å². The molecule has 0 unspecified atom stereocenters. The first-order valence-electron chi connectivity index (χ1n) is 22.0. The Morgan fingerprint density at radius 1 is 0.417 bits per heavy atom. The topological polar surface area (TPSA) is 18.5 Å². The molecule has 0 aromatic carbocycles. The van der Waals surface area contributed by atoms with Crippen LogP contribution in [0.5, 0.6) is 0 Å². The summed E-state index contributed by atoms with van der Waals surface area (Å²) in [7, 11) is 0. The van der Waals surface area contributed by atoms with Crippen molar-refractivity contribution in [1.29, 1.82) is 0 Å². The normalized spacial score (nSPS) is 36.8. The summed E-state index contributed by atoms with van der Waals surface area (Å²) < 4.78 is 12.2. The summed E-state index contributed by atoms with van der Waals surface area (Å²) in [5, 5.41) is 0. The predicted octanol–water partition coefficient (Wildman–Crippen LogP) is 14.6. The van der Waals surface area contributed by atoms with Crippen molar-refractivity contribution < 1.29 is 9.47 Å². The summed E-state index contributed by atoms with van der Waals surface area (Å²) in [6, 6.07) is 0. The number of hydrogen-bond acceptors (Lipinski definition) is 2. The van der Waals surface area contributed by atoms with E-state index in [0.29, 0.717) is 12.2 Å². The molecule has 5 fully saturated rings. The van der Waals surface area contributed by atoms with Crippen LogP contribution in [0, 0.1) is 34.5 Å². The maximum atomic E-state index is 7.52. The van der Waals surface area contributed by atoms with Crippen molar-refractivity contribution in [2.24, 2.45) is 34.5 Å². The van der Waals surface area contributed by atoms with E-state index in [9.17, 15) is 0 Å². The van der Waals surface area contributed by atoms with E-state index in [1.807, 2.05) is 0 Å². The number of alkyl halides is 2. The van der Waals surface area contributed by atoms with Crippen molar-refractivity contribution in [2.45, 2.75) is 229 Å². The van der Waals surface area contributed by atoms with Crippen LogP contribution in [0.4, 0.5) is 0 Å². The number of rotatable bonds is 20. The summed E-state index contributed by atoms with van der Waals surface area (Å²) in [4.78, 5) is 0. The number of unbranched alkanes of at least 4 members (excludes halogenated alkanes) is 12. The first kappa shape index (κ1) is 39.7. The lowest BCUT2D eigenvalue weighted by Gasteiger charge is -2.69. The fourth-order valence-corrected chi connectivity index (χ4v) is 12.7. The van der Waals surface area contributed by atoms with Gasteiger partial charge in [0.1, 0.15) is 4.33 Å². The van der Waals surface area contributed by atoms with E-state index in [-0.39, 0.29) is 10.8 Å². The van der Waals surface area contributed by atoms with E-state index in [2.05, 4.69) is 13.8 Å². The molecule has 5 aliphatic rings. The lowest BCUT2D eigenvalue weighted by molar-refractivity contribution is -0.123. The molecule has 280 valence electrons. The van der Waals surface area contributed by atoms with Gasteiger partial charge in [-0.15, -0.1) is 23.2 Å². The van der Waals surface area contributed by atoms with E-state index in [0.717, 1.165) is 36.9 Å². The molecule has 0 aromatic heterocycles. The molecule has 0 heterocycles. The highest BCUT2D eigenvalue weighted by molar-refractivity contribution is 6.50. The summed E-state index contributed by atoms with van der Waals surface area (Å²) in [6.07, 6.45) is 42.7. The van der Waals surface area contributed by atoms with Crippen molar-refractivity contribution >= 4 is 23.2 Å². The van der Waals surface area contributed by atoms with Crippen molar-refractivity contribution in [2.75, 3.05) is 13.2 Å². The monoisotopic (exact) mass is 709 g/mol. The molecule has 2 spiro atoms. The third-order valence-electron chi connectivity index (χ3n) is 15.0. The second kappa shape index (κ2) is 20.1. The van der Waals surface area contributed by atoms with Crippen LogP contribution in [0.2, 0.25) is 0 Å². The molecule has 2 nitrogen and oxygen atoms in total. The van der Waals surface area contributed by atoms with E-state index < -0.39 is 4.33 Å². The summed E-state index contributed by atoms with van der Waals surface area (Å²) in [6.45, 7) is 6.57. The summed E-state index contributed by atoms with van der Waals surface area (Å²) in [5.41, 5.74) is 0.391. The zero-order valence-corrected chi connectivity index (χ0v) is 33.4. The maximum Gasteiger partial charge on any atom is 0.129 e. The van der Waals surface area contributed by atoms with Crippen molar-refractivity contribution in [3.63, 3.8) is 0 Å². The minimum absolute atomic E-state index is 0.196. The molecule has 5 saturated carbocycles. The smallest absolute Gasteiger partial charge is 0.129 e.